The van der Waals surface area contributed by atoms with E-state index in [1.54, 1.807) is 24.3 Å². The number of aliphatic hydroxyl groups is 1. The molecule has 1 aromatic heterocycles. The van der Waals surface area contributed by atoms with Crippen molar-refractivity contribution < 1.29 is 14.3 Å². The number of nitrogens with one attached hydrogen (secondary N) is 1. The molecule has 4 rings (SSSR count). The molecule has 2 unspecified atom stereocenters. The molecule has 0 saturated heterocycles. The number of carbonyl (C=O) groups is 1. The molecule has 0 aliphatic heterocycles. The summed E-state index contributed by atoms with van der Waals surface area (Å²) in [7, 11) is 0. The number of carbonyl (C=O) groups excluding carboxylic acids is 1. The molecule has 2 atom stereocenters. The Kier molecular flexibility index (Phi) is 4.43. The standard InChI is InChI=1S/C20H17Cl2NO3/c1-10-8-9-15-16(18(10)24)11-4-2-7-14(19(11)26-15)23-20(25)17-12(21)5-3-6-13(17)22/h2-7,10,18,24H,8-9H2,1H3,(H,23,25). The molecule has 0 saturated carbocycles. The maximum Gasteiger partial charge on any atom is 0.258 e. The van der Waals surface area contributed by atoms with E-state index in [-0.39, 0.29) is 21.5 Å². The molecule has 1 aliphatic carbocycles. The van der Waals surface area contributed by atoms with Gasteiger partial charge in [-0.25, -0.2) is 0 Å². The van der Waals surface area contributed by atoms with Crippen LogP contribution in [0.25, 0.3) is 11.0 Å². The van der Waals surface area contributed by atoms with Crippen LogP contribution in [0, 0.1) is 5.92 Å². The average molecular weight is 390 g/mol. The third-order valence-corrected chi connectivity index (χ3v) is 5.56. The van der Waals surface area contributed by atoms with Crippen molar-refractivity contribution in [1.82, 2.24) is 0 Å². The predicted molar refractivity (Wildman–Crippen MR) is 103 cm³/mol. The number of para-hydroxylation sites is 1. The zero-order valence-electron chi connectivity index (χ0n) is 14.1. The SMILES string of the molecule is CC1CCc2oc3c(NC(=O)c4c(Cl)cccc4Cl)cccc3c2C1O. The van der Waals surface area contributed by atoms with Gasteiger partial charge in [-0.05, 0) is 30.5 Å². The number of benzene rings is 2. The van der Waals surface area contributed by atoms with Crippen molar-refractivity contribution in [2.45, 2.75) is 25.9 Å². The van der Waals surface area contributed by atoms with Crippen LogP contribution < -0.4 is 5.32 Å². The van der Waals surface area contributed by atoms with Gasteiger partial charge in [-0.1, -0.05) is 48.3 Å². The minimum atomic E-state index is -0.566. The number of amides is 1. The highest BCUT2D eigenvalue weighted by atomic mass is 35.5. The van der Waals surface area contributed by atoms with E-state index in [0.29, 0.717) is 11.3 Å². The molecule has 6 heteroatoms. The number of halogens is 2. The van der Waals surface area contributed by atoms with E-state index in [2.05, 4.69) is 5.32 Å². The lowest BCUT2D eigenvalue weighted by atomic mass is 9.85. The largest absolute Gasteiger partial charge is 0.458 e. The Morgan fingerprint density at radius 2 is 1.88 bits per heavy atom. The van der Waals surface area contributed by atoms with E-state index >= 15 is 0 Å². The third kappa shape index (κ3) is 2.78. The quantitative estimate of drug-likeness (QED) is 0.598. The van der Waals surface area contributed by atoms with E-state index in [4.69, 9.17) is 27.6 Å². The molecule has 1 amide bonds. The molecular formula is C20H17Cl2NO3. The molecule has 4 nitrogen and oxygen atoms in total. The van der Waals surface area contributed by atoms with E-state index in [1.807, 2.05) is 19.1 Å². The van der Waals surface area contributed by atoms with Crippen molar-refractivity contribution in [3.8, 4) is 0 Å². The number of aliphatic hydroxyl groups excluding tert-OH is 1. The number of hydrogen-bond acceptors (Lipinski definition) is 3. The molecule has 1 heterocycles. The fraction of sp³-hybridized carbons (Fsp3) is 0.250. The first-order chi connectivity index (χ1) is 12.5. The summed E-state index contributed by atoms with van der Waals surface area (Å²) in [5.41, 5.74) is 2.13. The molecule has 2 N–H and O–H groups in total. The predicted octanol–water partition coefficient (Wildman–Crippen LogP) is 5.61. The number of anilines is 1. The molecule has 0 spiro atoms. The van der Waals surface area contributed by atoms with Gasteiger partial charge in [-0.15, -0.1) is 0 Å². The van der Waals surface area contributed by atoms with Gasteiger partial charge in [0, 0.05) is 17.4 Å². The number of rotatable bonds is 2. The topological polar surface area (TPSA) is 62.5 Å². The lowest BCUT2D eigenvalue weighted by Gasteiger charge is -2.23. The molecule has 3 aromatic rings. The molecule has 0 fully saturated rings. The van der Waals surface area contributed by atoms with E-state index in [0.717, 1.165) is 29.6 Å². The highest BCUT2D eigenvalue weighted by Crippen LogP contribution is 2.42. The summed E-state index contributed by atoms with van der Waals surface area (Å²) in [6, 6.07) is 10.4. The summed E-state index contributed by atoms with van der Waals surface area (Å²) in [6.45, 7) is 2.03. The second kappa shape index (κ2) is 6.62. The molecule has 26 heavy (non-hydrogen) atoms. The Hall–Kier alpha value is -2.01. The zero-order chi connectivity index (χ0) is 18.4. The van der Waals surface area contributed by atoms with E-state index in [9.17, 15) is 9.90 Å². The molecule has 0 bridgehead atoms. The Bertz CT molecular complexity index is 991. The summed E-state index contributed by atoms with van der Waals surface area (Å²) in [6.07, 6.45) is 1.07. The zero-order valence-corrected chi connectivity index (χ0v) is 15.6. The average Bonchev–Trinajstić information content (AvgIpc) is 2.98. The smallest absolute Gasteiger partial charge is 0.258 e. The first kappa shape index (κ1) is 17.4. The minimum Gasteiger partial charge on any atom is -0.458 e. The minimum absolute atomic E-state index is 0.170. The summed E-state index contributed by atoms with van der Waals surface area (Å²) in [5, 5.41) is 14.8. The Morgan fingerprint density at radius 1 is 1.19 bits per heavy atom. The van der Waals surface area contributed by atoms with Crippen molar-refractivity contribution in [2.75, 3.05) is 5.32 Å². The van der Waals surface area contributed by atoms with Crippen molar-refractivity contribution in [3.05, 3.63) is 63.3 Å². The van der Waals surface area contributed by atoms with Gasteiger partial charge in [0.1, 0.15) is 5.76 Å². The highest BCUT2D eigenvalue weighted by Gasteiger charge is 2.30. The van der Waals surface area contributed by atoms with Crippen molar-refractivity contribution in [1.29, 1.82) is 0 Å². The van der Waals surface area contributed by atoms with Gasteiger partial charge in [0.25, 0.3) is 5.91 Å². The van der Waals surface area contributed by atoms with Crippen LogP contribution in [0.5, 0.6) is 0 Å². The fourth-order valence-corrected chi connectivity index (χ4v) is 4.07. The van der Waals surface area contributed by atoms with Gasteiger partial charge in [0.15, 0.2) is 5.58 Å². The normalized spacial score (nSPS) is 19.4. The van der Waals surface area contributed by atoms with Crippen LogP contribution in [-0.4, -0.2) is 11.0 Å². The molecule has 1 aliphatic rings. The summed E-state index contributed by atoms with van der Waals surface area (Å²) in [4.78, 5) is 12.7. The van der Waals surface area contributed by atoms with Crippen LogP contribution in [0.15, 0.2) is 40.8 Å². The molecule has 0 radical (unpaired) electrons. The van der Waals surface area contributed by atoms with E-state index < -0.39 is 12.0 Å². The third-order valence-electron chi connectivity index (χ3n) is 4.93. The first-order valence-electron chi connectivity index (χ1n) is 8.45. The van der Waals surface area contributed by atoms with Crippen molar-refractivity contribution in [2.24, 2.45) is 5.92 Å². The van der Waals surface area contributed by atoms with Crippen LogP contribution >= 0.6 is 23.2 Å². The van der Waals surface area contributed by atoms with Crippen LogP contribution in [0.2, 0.25) is 10.0 Å². The van der Waals surface area contributed by atoms with Gasteiger partial charge in [0.2, 0.25) is 0 Å². The van der Waals surface area contributed by atoms with Gasteiger partial charge >= 0.3 is 0 Å². The molecular weight excluding hydrogens is 373 g/mol. The van der Waals surface area contributed by atoms with Crippen LogP contribution in [-0.2, 0) is 6.42 Å². The van der Waals surface area contributed by atoms with Crippen LogP contribution in [0.3, 0.4) is 0 Å². The fourth-order valence-electron chi connectivity index (χ4n) is 3.50. The van der Waals surface area contributed by atoms with Crippen molar-refractivity contribution in [3.63, 3.8) is 0 Å². The van der Waals surface area contributed by atoms with Crippen LogP contribution in [0.1, 0.15) is 41.1 Å². The molecule has 134 valence electrons. The second-order valence-corrected chi connectivity index (χ2v) is 7.45. The van der Waals surface area contributed by atoms with Crippen LogP contribution in [0.4, 0.5) is 5.69 Å². The molecule has 2 aromatic carbocycles. The van der Waals surface area contributed by atoms with Gasteiger partial charge < -0.3 is 14.8 Å². The summed E-state index contributed by atoms with van der Waals surface area (Å²) < 4.78 is 6.00. The van der Waals surface area contributed by atoms with Crippen molar-refractivity contribution >= 4 is 45.8 Å². The summed E-state index contributed by atoms with van der Waals surface area (Å²) >= 11 is 12.2. The first-order valence-corrected chi connectivity index (χ1v) is 9.20. The Labute approximate surface area is 160 Å². The number of fused-ring (bicyclic) bond motifs is 3. The van der Waals surface area contributed by atoms with Gasteiger partial charge in [-0.3, -0.25) is 4.79 Å². The Morgan fingerprint density at radius 3 is 2.62 bits per heavy atom. The maximum atomic E-state index is 12.7. The number of furan rings is 1. The monoisotopic (exact) mass is 389 g/mol. The Balaban J connectivity index is 1.77. The number of aryl methyl sites for hydroxylation is 1. The summed E-state index contributed by atoms with van der Waals surface area (Å²) in [5.74, 6) is 0.544. The highest BCUT2D eigenvalue weighted by molar-refractivity contribution is 6.40. The lowest BCUT2D eigenvalue weighted by Crippen LogP contribution is -2.16. The number of hydrogen-bond donors (Lipinski definition) is 2. The lowest BCUT2D eigenvalue weighted by molar-refractivity contribution is 0.101. The van der Waals surface area contributed by atoms with Gasteiger partial charge in [0.05, 0.1) is 27.4 Å². The van der Waals surface area contributed by atoms with E-state index in [1.165, 1.54) is 0 Å². The maximum absolute atomic E-state index is 12.7. The second-order valence-electron chi connectivity index (χ2n) is 6.63. The van der Waals surface area contributed by atoms with Gasteiger partial charge in [-0.2, -0.15) is 0 Å².